The molecule has 0 aromatic heterocycles. The van der Waals surface area contributed by atoms with Crippen molar-refractivity contribution in [2.45, 2.75) is 32.2 Å². The van der Waals surface area contributed by atoms with Crippen molar-refractivity contribution in [1.82, 2.24) is 5.32 Å². The number of ketones is 1. The molecule has 2 nitrogen and oxygen atoms in total. The van der Waals surface area contributed by atoms with E-state index in [1.165, 1.54) is 12.1 Å². The fourth-order valence-corrected chi connectivity index (χ4v) is 2.20. The number of carbonyl (C=O) groups is 1. The molecule has 1 fully saturated rings. The average Bonchev–Trinajstić information content (AvgIpc) is 2.70. The second-order valence-corrected chi connectivity index (χ2v) is 4.38. The summed E-state index contributed by atoms with van der Waals surface area (Å²) in [5.74, 6) is -0.176. The Bertz CT molecular complexity index is 397. The van der Waals surface area contributed by atoms with Crippen LogP contribution in [0.15, 0.2) is 18.2 Å². The first-order valence-corrected chi connectivity index (χ1v) is 5.69. The normalized spacial score (nSPS) is 20.0. The summed E-state index contributed by atoms with van der Waals surface area (Å²) in [6, 6.07) is 4.65. The largest absolute Gasteiger partial charge is 0.314 e. The van der Waals surface area contributed by atoms with Gasteiger partial charge in [0, 0.05) is 18.0 Å². The Kier molecular flexibility index (Phi) is 3.34. The maximum absolute atomic E-state index is 12.9. The van der Waals surface area contributed by atoms with E-state index >= 15 is 0 Å². The third-order valence-electron chi connectivity index (χ3n) is 3.08. The highest BCUT2D eigenvalue weighted by Gasteiger charge is 2.19. The van der Waals surface area contributed by atoms with Crippen LogP contribution >= 0.6 is 0 Å². The van der Waals surface area contributed by atoms with Crippen LogP contribution in [0, 0.1) is 12.7 Å². The summed E-state index contributed by atoms with van der Waals surface area (Å²) in [7, 11) is 0. The van der Waals surface area contributed by atoms with Gasteiger partial charge in [0.2, 0.25) is 0 Å². The van der Waals surface area contributed by atoms with Crippen LogP contribution < -0.4 is 5.32 Å². The predicted molar refractivity (Wildman–Crippen MR) is 61.1 cm³/mol. The van der Waals surface area contributed by atoms with E-state index in [1.54, 1.807) is 13.0 Å². The number of benzene rings is 1. The molecule has 16 heavy (non-hydrogen) atoms. The molecule has 1 atom stereocenters. The number of nitrogens with one attached hydrogen (secondary N) is 1. The molecule has 0 aliphatic carbocycles. The number of rotatable bonds is 3. The van der Waals surface area contributed by atoms with Crippen LogP contribution in [0.25, 0.3) is 0 Å². The number of carbonyl (C=O) groups excluding carboxylic acids is 1. The smallest absolute Gasteiger partial charge is 0.164 e. The molecule has 1 aliphatic rings. The Morgan fingerprint density at radius 2 is 2.38 bits per heavy atom. The second kappa shape index (κ2) is 4.74. The lowest BCUT2D eigenvalue weighted by Crippen LogP contribution is -2.24. The van der Waals surface area contributed by atoms with E-state index < -0.39 is 0 Å². The predicted octanol–water partition coefficient (Wildman–Crippen LogP) is 2.46. The summed E-state index contributed by atoms with van der Waals surface area (Å²) in [5, 5.41) is 3.29. The lowest BCUT2D eigenvalue weighted by atomic mass is 9.99. The lowest BCUT2D eigenvalue weighted by Gasteiger charge is -2.10. The van der Waals surface area contributed by atoms with Gasteiger partial charge in [0.25, 0.3) is 0 Å². The number of hydrogen-bond donors (Lipinski definition) is 1. The van der Waals surface area contributed by atoms with Crippen LogP contribution in [-0.2, 0) is 0 Å². The molecule has 1 saturated heterocycles. The van der Waals surface area contributed by atoms with Crippen LogP contribution in [0.1, 0.15) is 35.2 Å². The first kappa shape index (κ1) is 11.3. The Morgan fingerprint density at radius 1 is 1.56 bits per heavy atom. The molecular formula is C13H16FNO. The van der Waals surface area contributed by atoms with E-state index in [-0.39, 0.29) is 11.6 Å². The molecule has 1 N–H and O–H groups in total. The summed E-state index contributed by atoms with van der Waals surface area (Å²) in [4.78, 5) is 12.0. The van der Waals surface area contributed by atoms with Gasteiger partial charge in [-0.05, 0) is 50.1 Å². The van der Waals surface area contributed by atoms with Crippen molar-refractivity contribution in [3.63, 3.8) is 0 Å². The fraction of sp³-hybridized carbons (Fsp3) is 0.462. The minimum Gasteiger partial charge on any atom is -0.314 e. The molecule has 3 heteroatoms. The number of aryl methyl sites for hydroxylation is 1. The highest BCUT2D eigenvalue weighted by Crippen LogP contribution is 2.16. The summed E-state index contributed by atoms with van der Waals surface area (Å²) in [5.41, 5.74) is 1.37. The highest BCUT2D eigenvalue weighted by molar-refractivity contribution is 5.97. The third kappa shape index (κ3) is 2.47. The zero-order valence-corrected chi connectivity index (χ0v) is 9.42. The average molecular weight is 221 g/mol. The van der Waals surface area contributed by atoms with Gasteiger partial charge in [-0.2, -0.15) is 0 Å². The highest BCUT2D eigenvalue weighted by atomic mass is 19.1. The molecular weight excluding hydrogens is 205 g/mol. The van der Waals surface area contributed by atoms with Gasteiger partial charge < -0.3 is 5.32 Å². The molecule has 0 spiro atoms. The van der Waals surface area contributed by atoms with Crippen molar-refractivity contribution in [1.29, 1.82) is 0 Å². The Labute approximate surface area is 94.9 Å². The maximum Gasteiger partial charge on any atom is 0.164 e. The summed E-state index contributed by atoms with van der Waals surface area (Å²) in [6.45, 7) is 2.78. The van der Waals surface area contributed by atoms with Crippen LogP contribution in [-0.4, -0.2) is 18.4 Å². The van der Waals surface area contributed by atoms with Gasteiger partial charge in [0.05, 0.1) is 0 Å². The molecule has 2 rings (SSSR count). The summed E-state index contributed by atoms with van der Waals surface area (Å²) >= 11 is 0. The fourth-order valence-electron chi connectivity index (χ4n) is 2.20. The standard InChI is InChI=1S/C13H16FNO/c1-9-7-10(14)4-5-12(9)13(16)8-11-3-2-6-15-11/h4-5,7,11,15H,2-3,6,8H2,1H3. The quantitative estimate of drug-likeness (QED) is 0.794. The van der Waals surface area contributed by atoms with Crippen molar-refractivity contribution in [2.24, 2.45) is 0 Å². The van der Waals surface area contributed by atoms with Crippen LogP contribution in [0.4, 0.5) is 4.39 Å². The molecule has 1 heterocycles. The van der Waals surface area contributed by atoms with E-state index in [0.29, 0.717) is 18.0 Å². The van der Waals surface area contributed by atoms with Gasteiger partial charge in [0.15, 0.2) is 5.78 Å². The molecule has 86 valence electrons. The van der Waals surface area contributed by atoms with Crippen LogP contribution in [0.5, 0.6) is 0 Å². The van der Waals surface area contributed by atoms with Crippen molar-refractivity contribution in [2.75, 3.05) is 6.54 Å². The lowest BCUT2D eigenvalue weighted by molar-refractivity contribution is 0.0971. The van der Waals surface area contributed by atoms with Crippen molar-refractivity contribution < 1.29 is 9.18 Å². The van der Waals surface area contributed by atoms with Crippen LogP contribution in [0.3, 0.4) is 0 Å². The van der Waals surface area contributed by atoms with E-state index in [1.807, 2.05) is 0 Å². The molecule has 1 aliphatic heterocycles. The van der Waals surface area contributed by atoms with Crippen molar-refractivity contribution in [3.8, 4) is 0 Å². The number of Topliss-reactive ketones (excluding diaryl/α,β-unsaturated/α-hetero) is 1. The zero-order chi connectivity index (χ0) is 11.5. The minimum atomic E-state index is -0.284. The van der Waals surface area contributed by atoms with E-state index in [4.69, 9.17) is 0 Å². The Balaban J connectivity index is 2.08. The van der Waals surface area contributed by atoms with Crippen molar-refractivity contribution in [3.05, 3.63) is 35.1 Å². The zero-order valence-electron chi connectivity index (χ0n) is 9.42. The second-order valence-electron chi connectivity index (χ2n) is 4.38. The van der Waals surface area contributed by atoms with Gasteiger partial charge in [-0.3, -0.25) is 4.79 Å². The minimum absolute atomic E-state index is 0.108. The van der Waals surface area contributed by atoms with E-state index in [9.17, 15) is 9.18 Å². The van der Waals surface area contributed by atoms with Crippen LogP contribution in [0.2, 0.25) is 0 Å². The molecule has 0 radical (unpaired) electrons. The summed E-state index contributed by atoms with van der Waals surface area (Å²) in [6.07, 6.45) is 2.72. The van der Waals surface area contributed by atoms with Gasteiger partial charge >= 0.3 is 0 Å². The molecule has 0 saturated carbocycles. The first-order chi connectivity index (χ1) is 7.66. The van der Waals surface area contributed by atoms with Crippen molar-refractivity contribution >= 4 is 5.78 Å². The molecule has 1 aromatic carbocycles. The van der Waals surface area contributed by atoms with Gasteiger partial charge in [-0.1, -0.05) is 0 Å². The maximum atomic E-state index is 12.9. The van der Waals surface area contributed by atoms with Gasteiger partial charge in [-0.15, -0.1) is 0 Å². The molecule has 0 bridgehead atoms. The Morgan fingerprint density at radius 3 is 3.00 bits per heavy atom. The third-order valence-corrected chi connectivity index (χ3v) is 3.08. The molecule has 1 unspecified atom stereocenters. The van der Waals surface area contributed by atoms with Gasteiger partial charge in [-0.25, -0.2) is 4.39 Å². The molecule has 1 aromatic rings. The molecule has 0 amide bonds. The first-order valence-electron chi connectivity index (χ1n) is 5.69. The summed E-state index contributed by atoms with van der Waals surface area (Å²) < 4.78 is 12.9. The van der Waals surface area contributed by atoms with E-state index in [0.717, 1.165) is 24.9 Å². The topological polar surface area (TPSA) is 29.1 Å². The number of halogens is 1. The van der Waals surface area contributed by atoms with Gasteiger partial charge in [0.1, 0.15) is 5.82 Å². The number of hydrogen-bond acceptors (Lipinski definition) is 2. The van der Waals surface area contributed by atoms with E-state index in [2.05, 4.69) is 5.32 Å². The monoisotopic (exact) mass is 221 g/mol. The Hall–Kier alpha value is -1.22. The SMILES string of the molecule is Cc1cc(F)ccc1C(=O)CC1CCCN1.